The Morgan fingerprint density at radius 1 is 1.40 bits per heavy atom. The van der Waals surface area contributed by atoms with Gasteiger partial charge in [-0.2, -0.15) is 13.2 Å². The van der Waals surface area contributed by atoms with Crippen LogP contribution in [0.5, 0.6) is 0 Å². The van der Waals surface area contributed by atoms with Gasteiger partial charge in [0.25, 0.3) is 0 Å². The van der Waals surface area contributed by atoms with Crippen LogP contribution in [0.2, 0.25) is 0 Å². The molecular formula is C9H15BrF3NO. The third-order valence-electron chi connectivity index (χ3n) is 1.80. The van der Waals surface area contributed by atoms with Gasteiger partial charge < -0.3 is 4.90 Å². The zero-order chi connectivity index (χ0) is 12.1. The molecule has 1 amide bonds. The number of carbonyl (C=O) groups excluding carboxylic acids is 1. The number of amides is 1. The summed E-state index contributed by atoms with van der Waals surface area (Å²) < 4.78 is 36.4. The molecule has 2 nitrogen and oxygen atoms in total. The fraction of sp³-hybridized carbons (Fsp3) is 0.889. The fourth-order valence-corrected chi connectivity index (χ4v) is 1.42. The molecular weight excluding hydrogens is 275 g/mol. The number of hydrogen-bond acceptors (Lipinski definition) is 1. The zero-order valence-electron chi connectivity index (χ0n) is 8.77. The van der Waals surface area contributed by atoms with Crippen LogP contribution in [0.25, 0.3) is 0 Å². The minimum Gasteiger partial charge on any atom is -0.333 e. The van der Waals surface area contributed by atoms with Crippen LogP contribution in [0.15, 0.2) is 0 Å². The van der Waals surface area contributed by atoms with Gasteiger partial charge in [0.1, 0.15) is 6.54 Å². The Balaban J connectivity index is 4.45. The molecule has 0 aliphatic carbocycles. The molecule has 1 unspecified atom stereocenters. The van der Waals surface area contributed by atoms with Crippen LogP contribution in [0.1, 0.15) is 26.7 Å². The number of halogens is 4. The summed E-state index contributed by atoms with van der Waals surface area (Å²) in [6.07, 6.45) is -3.33. The molecule has 0 saturated carbocycles. The predicted octanol–water partition coefficient (Wildman–Crippen LogP) is 2.96. The summed E-state index contributed by atoms with van der Waals surface area (Å²) in [4.78, 5) is 11.8. The van der Waals surface area contributed by atoms with Crippen molar-refractivity contribution in [1.29, 1.82) is 0 Å². The quantitative estimate of drug-likeness (QED) is 0.713. The maximum atomic E-state index is 12.1. The van der Waals surface area contributed by atoms with Crippen molar-refractivity contribution in [2.45, 2.75) is 37.7 Å². The second-order valence-electron chi connectivity index (χ2n) is 3.25. The van der Waals surface area contributed by atoms with Crippen molar-refractivity contribution in [1.82, 2.24) is 4.90 Å². The standard InChI is InChI=1S/C9H15BrF3NO/c1-3-5-14(6-9(11,12)13)8(15)7(10)4-2/h7H,3-6H2,1-2H3. The first-order valence-electron chi connectivity index (χ1n) is 4.81. The van der Waals surface area contributed by atoms with Gasteiger partial charge in [-0.05, 0) is 12.8 Å². The van der Waals surface area contributed by atoms with E-state index in [1.165, 1.54) is 0 Å². The molecule has 0 bridgehead atoms. The van der Waals surface area contributed by atoms with Gasteiger partial charge >= 0.3 is 6.18 Å². The lowest BCUT2D eigenvalue weighted by Gasteiger charge is -2.25. The lowest BCUT2D eigenvalue weighted by molar-refractivity contribution is -0.160. The third-order valence-corrected chi connectivity index (χ3v) is 2.84. The molecule has 6 heteroatoms. The van der Waals surface area contributed by atoms with E-state index >= 15 is 0 Å². The van der Waals surface area contributed by atoms with Crippen LogP contribution >= 0.6 is 15.9 Å². The van der Waals surface area contributed by atoms with Crippen molar-refractivity contribution < 1.29 is 18.0 Å². The Labute approximate surface area is 95.9 Å². The summed E-state index contributed by atoms with van der Waals surface area (Å²) in [6, 6.07) is 0. The van der Waals surface area contributed by atoms with E-state index in [2.05, 4.69) is 15.9 Å². The number of hydrogen-bond donors (Lipinski definition) is 0. The van der Waals surface area contributed by atoms with Crippen LogP contribution in [-0.2, 0) is 4.79 Å². The minimum absolute atomic E-state index is 0.139. The Hall–Kier alpha value is -0.260. The number of rotatable bonds is 5. The lowest BCUT2D eigenvalue weighted by Crippen LogP contribution is -2.42. The molecule has 0 aliphatic heterocycles. The van der Waals surface area contributed by atoms with Crippen molar-refractivity contribution in [3.05, 3.63) is 0 Å². The molecule has 90 valence electrons. The molecule has 0 aromatic rings. The van der Waals surface area contributed by atoms with Gasteiger partial charge in [-0.1, -0.05) is 29.8 Å². The molecule has 15 heavy (non-hydrogen) atoms. The topological polar surface area (TPSA) is 20.3 Å². The van der Waals surface area contributed by atoms with Crippen molar-refractivity contribution in [3.63, 3.8) is 0 Å². The second kappa shape index (κ2) is 6.35. The highest BCUT2D eigenvalue weighted by Crippen LogP contribution is 2.19. The van der Waals surface area contributed by atoms with Gasteiger partial charge in [0.05, 0.1) is 4.83 Å². The van der Waals surface area contributed by atoms with Crippen LogP contribution < -0.4 is 0 Å². The smallest absolute Gasteiger partial charge is 0.333 e. The average molecular weight is 290 g/mol. The molecule has 0 spiro atoms. The summed E-state index contributed by atoms with van der Waals surface area (Å²) in [5.41, 5.74) is 0. The minimum atomic E-state index is -4.33. The van der Waals surface area contributed by atoms with E-state index in [1.54, 1.807) is 13.8 Å². The lowest BCUT2D eigenvalue weighted by atomic mass is 10.2. The summed E-state index contributed by atoms with van der Waals surface area (Å²) in [7, 11) is 0. The summed E-state index contributed by atoms with van der Waals surface area (Å²) in [6.45, 7) is 2.46. The first-order valence-corrected chi connectivity index (χ1v) is 5.73. The first kappa shape index (κ1) is 14.7. The highest BCUT2D eigenvalue weighted by atomic mass is 79.9. The SMILES string of the molecule is CCCN(CC(F)(F)F)C(=O)C(Br)CC. The van der Waals surface area contributed by atoms with E-state index < -0.39 is 23.5 Å². The van der Waals surface area contributed by atoms with E-state index in [0.717, 1.165) is 4.90 Å². The maximum absolute atomic E-state index is 12.1. The molecule has 0 heterocycles. The average Bonchev–Trinajstić information content (AvgIpc) is 2.13. The van der Waals surface area contributed by atoms with Gasteiger partial charge in [-0.15, -0.1) is 0 Å². The Kier molecular flexibility index (Phi) is 6.24. The molecule has 0 N–H and O–H groups in total. The molecule has 0 aromatic heterocycles. The van der Waals surface area contributed by atoms with Crippen molar-refractivity contribution in [2.24, 2.45) is 0 Å². The number of carbonyl (C=O) groups is 1. The first-order chi connectivity index (χ1) is 6.81. The number of nitrogens with zero attached hydrogens (tertiary/aromatic N) is 1. The van der Waals surface area contributed by atoms with Crippen molar-refractivity contribution >= 4 is 21.8 Å². The fourth-order valence-electron chi connectivity index (χ4n) is 1.13. The highest BCUT2D eigenvalue weighted by Gasteiger charge is 2.33. The monoisotopic (exact) mass is 289 g/mol. The number of alkyl halides is 4. The Morgan fingerprint density at radius 3 is 2.27 bits per heavy atom. The largest absolute Gasteiger partial charge is 0.406 e. The van der Waals surface area contributed by atoms with E-state index in [-0.39, 0.29) is 6.54 Å². The summed E-state index contributed by atoms with van der Waals surface area (Å²) in [5, 5.41) is 0. The maximum Gasteiger partial charge on any atom is 0.406 e. The van der Waals surface area contributed by atoms with Crippen LogP contribution in [0.4, 0.5) is 13.2 Å². The Bertz CT molecular complexity index is 208. The van der Waals surface area contributed by atoms with Gasteiger partial charge in [-0.3, -0.25) is 4.79 Å². The van der Waals surface area contributed by atoms with Crippen LogP contribution in [-0.4, -0.2) is 34.9 Å². The molecule has 0 aliphatic rings. The predicted molar refractivity (Wildman–Crippen MR) is 55.9 cm³/mol. The molecule has 0 saturated heterocycles. The van der Waals surface area contributed by atoms with Gasteiger partial charge in [0.2, 0.25) is 5.91 Å². The van der Waals surface area contributed by atoms with Crippen LogP contribution in [0, 0.1) is 0 Å². The normalized spacial score (nSPS) is 13.7. The summed E-state index contributed by atoms with van der Waals surface area (Å²) >= 11 is 3.06. The highest BCUT2D eigenvalue weighted by molar-refractivity contribution is 9.10. The Morgan fingerprint density at radius 2 is 1.93 bits per heavy atom. The summed E-state index contributed by atoms with van der Waals surface area (Å²) in [5.74, 6) is -0.489. The third kappa shape index (κ3) is 6.02. The van der Waals surface area contributed by atoms with E-state index in [1.807, 2.05) is 0 Å². The molecule has 0 radical (unpaired) electrons. The van der Waals surface area contributed by atoms with Gasteiger partial charge in [0, 0.05) is 6.54 Å². The van der Waals surface area contributed by atoms with Crippen molar-refractivity contribution in [2.75, 3.05) is 13.1 Å². The molecule has 0 fully saturated rings. The van der Waals surface area contributed by atoms with Gasteiger partial charge in [-0.25, -0.2) is 0 Å². The molecule has 1 atom stereocenters. The molecule has 0 rings (SSSR count). The van der Waals surface area contributed by atoms with E-state index in [4.69, 9.17) is 0 Å². The molecule has 0 aromatic carbocycles. The van der Waals surface area contributed by atoms with Crippen molar-refractivity contribution in [3.8, 4) is 0 Å². The van der Waals surface area contributed by atoms with Crippen LogP contribution in [0.3, 0.4) is 0 Å². The van der Waals surface area contributed by atoms with E-state index in [9.17, 15) is 18.0 Å². The second-order valence-corrected chi connectivity index (χ2v) is 4.36. The van der Waals surface area contributed by atoms with Gasteiger partial charge in [0.15, 0.2) is 0 Å². The zero-order valence-corrected chi connectivity index (χ0v) is 10.4. The van der Waals surface area contributed by atoms with E-state index in [0.29, 0.717) is 12.8 Å².